The average molecular weight is 331 g/mol. The first-order valence-electron chi connectivity index (χ1n) is 9.03. The van der Waals surface area contributed by atoms with E-state index in [-0.39, 0.29) is 11.3 Å². The van der Waals surface area contributed by atoms with E-state index < -0.39 is 0 Å². The number of pyridine rings is 1. The zero-order valence-electron chi connectivity index (χ0n) is 14.9. The fourth-order valence-corrected chi connectivity index (χ4v) is 3.47. The van der Waals surface area contributed by atoms with Crippen molar-refractivity contribution in [3.05, 3.63) is 29.6 Å². The summed E-state index contributed by atoms with van der Waals surface area (Å²) in [5, 5.41) is 3.03. The van der Waals surface area contributed by atoms with Crippen molar-refractivity contribution in [1.29, 1.82) is 0 Å². The van der Waals surface area contributed by atoms with Crippen LogP contribution in [0, 0.1) is 5.41 Å². The molecule has 1 aromatic heterocycles. The molecule has 3 rings (SSSR count). The van der Waals surface area contributed by atoms with Gasteiger partial charge in [0.05, 0.1) is 13.2 Å². The number of piperidine rings is 1. The summed E-state index contributed by atoms with van der Waals surface area (Å²) < 4.78 is 5.21. The van der Waals surface area contributed by atoms with Crippen molar-refractivity contribution in [2.45, 2.75) is 38.5 Å². The standard InChI is InChI=1S/C19H29N3O2/c1-19(13-24-14-19)12-20-18(23)9-8-16-6-3-7-17(21-16)15-5-4-10-22(2)11-15/h3,6-7,15H,4-5,8-14H2,1-2H3,(H,20,23)/t15-/m1/s1. The Morgan fingerprint density at radius 3 is 3.00 bits per heavy atom. The molecule has 0 saturated carbocycles. The summed E-state index contributed by atoms with van der Waals surface area (Å²) in [6, 6.07) is 6.24. The van der Waals surface area contributed by atoms with Crippen LogP contribution in [0.5, 0.6) is 0 Å². The van der Waals surface area contributed by atoms with Crippen LogP contribution in [0.2, 0.25) is 0 Å². The Morgan fingerprint density at radius 2 is 2.29 bits per heavy atom. The minimum absolute atomic E-state index is 0.104. The summed E-state index contributed by atoms with van der Waals surface area (Å²) in [4.78, 5) is 19.2. The molecule has 0 spiro atoms. The molecular weight excluding hydrogens is 302 g/mol. The maximum Gasteiger partial charge on any atom is 0.220 e. The number of hydrogen-bond acceptors (Lipinski definition) is 4. The van der Waals surface area contributed by atoms with Gasteiger partial charge in [-0.3, -0.25) is 9.78 Å². The van der Waals surface area contributed by atoms with E-state index in [1.165, 1.54) is 25.1 Å². The first-order chi connectivity index (χ1) is 11.5. The van der Waals surface area contributed by atoms with Crippen LogP contribution in [0.3, 0.4) is 0 Å². The Balaban J connectivity index is 1.48. The molecule has 2 aliphatic heterocycles. The first kappa shape index (κ1) is 17.4. The van der Waals surface area contributed by atoms with Crippen LogP contribution >= 0.6 is 0 Å². The summed E-state index contributed by atoms with van der Waals surface area (Å²) in [6.45, 7) is 6.59. The highest BCUT2D eigenvalue weighted by Crippen LogP contribution is 2.26. The Labute approximate surface area is 144 Å². The Morgan fingerprint density at radius 1 is 1.46 bits per heavy atom. The summed E-state index contributed by atoms with van der Waals surface area (Å²) in [5.41, 5.74) is 2.33. The predicted molar refractivity (Wildman–Crippen MR) is 94.0 cm³/mol. The Hall–Kier alpha value is -1.46. The number of nitrogens with zero attached hydrogens (tertiary/aromatic N) is 2. The highest BCUT2D eigenvalue weighted by atomic mass is 16.5. The van der Waals surface area contributed by atoms with Gasteiger partial charge in [0.15, 0.2) is 0 Å². The topological polar surface area (TPSA) is 54.5 Å². The lowest BCUT2D eigenvalue weighted by molar-refractivity contribution is -0.126. The maximum atomic E-state index is 12.0. The number of amides is 1. The molecule has 2 saturated heterocycles. The van der Waals surface area contributed by atoms with Crippen LogP contribution in [0.4, 0.5) is 0 Å². The van der Waals surface area contributed by atoms with E-state index in [1.54, 1.807) is 0 Å². The van der Waals surface area contributed by atoms with E-state index in [2.05, 4.69) is 36.3 Å². The van der Waals surface area contributed by atoms with Crippen LogP contribution in [0.1, 0.15) is 43.5 Å². The van der Waals surface area contributed by atoms with Gasteiger partial charge in [-0.2, -0.15) is 0 Å². The Bertz CT molecular complexity index is 571. The van der Waals surface area contributed by atoms with Crippen LogP contribution < -0.4 is 5.32 Å². The molecule has 1 amide bonds. The van der Waals surface area contributed by atoms with Gasteiger partial charge < -0.3 is 15.0 Å². The molecule has 0 unspecified atom stereocenters. The van der Waals surface area contributed by atoms with Crippen molar-refractivity contribution in [1.82, 2.24) is 15.2 Å². The van der Waals surface area contributed by atoms with Crippen molar-refractivity contribution < 1.29 is 9.53 Å². The van der Waals surface area contributed by atoms with Crippen LogP contribution in [-0.2, 0) is 16.0 Å². The second kappa shape index (κ2) is 7.62. The van der Waals surface area contributed by atoms with Gasteiger partial charge in [-0.05, 0) is 45.0 Å². The highest BCUT2D eigenvalue weighted by molar-refractivity contribution is 5.76. The van der Waals surface area contributed by atoms with Gasteiger partial charge >= 0.3 is 0 Å². The number of likely N-dealkylation sites (tertiary alicyclic amines) is 1. The summed E-state index contributed by atoms with van der Waals surface area (Å²) in [6.07, 6.45) is 3.65. The van der Waals surface area contributed by atoms with Gasteiger partial charge in [0, 0.05) is 42.2 Å². The maximum absolute atomic E-state index is 12.0. The zero-order valence-corrected chi connectivity index (χ0v) is 14.9. The number of likely N-dealkylation sites (N-methyl/N-ethyl adjacent to an activating group) is 1. The molecule has 1 N–H and O–H groups in total. The van der Waals surface area contributed by atoms with E-state index in [0.717, 1.165) is 25.5 Å². The van der Waals surface area contributed by atoms with Gasteiger partial charge in [0.2, 0.25) is 5.91 Å². The van der Waals surface area contributed by atoms with Crippen molar-refractivity contribution in [2.24, 2.45) is 5.41 Å². The fraction of sp³-hybridized carbons (Fsp3) is 0.684. The number of ether oxygens (including phenoxy) is 1. The van der Waals surface area contributed by atoms with Crippen LogP contribution in [0.15, 0.2) is 18.2 Å². The third-order valence-corrected chi connectivity index (χ3v) is 5.09. The van der Waals surface area contributed by atoms with Gasteiger partial charge in [-0.15, -0.1) is 0 Å². The second-order valence-corrected chi connectivity index (χ2v) is 7.74. The van der Waals surface area contributed by atoms with Crippen molar-refractivity contribution in [3.8, 4) is 0 Å². The molecule has 0 aromatic carbocycles. The summed E-state index contributed by atoms with van der Waals surface area (Å²) in [5.74, 6) is 0.629. The third kappa shape index (κ3) is 4.54. The molecule has 2 fully saturated rings. The normalized spacial score (nSPS) is 23.5. The van der Waals surface area contributed by atoms with E-state index in [9.17, 15) is 4.79 Å². The van der Waals surface area contributed by atoms with Crippen molar-refractivity contribution in [3.63, 3.8) is 0 Å². The molecule has 1 atom stereocenters. The van der Waals surface area contributed by atoms with Gasteiger partial charge in [-0.1, -0.05) is 13.0 Å². The molecule has 24 heavy (non-hydrogen) atoms. The molecule has 2 aliphatic rings. The molecule has 0 aliphatic carbocycles. The van der Waals surface area contributed by atoms with E-state index >= 15 is 0 Å². The molecule has 1 aromatic rings. The average Bonchev–Trinajstić information content (AvgIpc) is 2.57. The molecule has 0 radical (unpaired) electrons. The number of aryl methyl sites for hydroxylation is 1. The van der Waals surface area contributed by atoms with Crippen LogP contribution in [-0.4, -0.2) is 55.7 Å². The van der Waals surface area contributed by atoms with Crippen molar-refractivity contribution in [2.75, 3.05) is 39.9 Å². The predicted octanol–water partition coefficient (Wildman–Crippen LogP) is 1.98. The summed E-state index contributed by atoms with van der Waals surface area (Å²) in [7, 11) is 2.17. The zero-order chi connectivity index (χ0) is 17.0. The molecule has 5 nitrogen and oxygen atoms in total. The lowest BCUT2D eigenvalue weighted by atomic mass is 9.89. The first-order valence-corrected chi connectivity index (χ1v) is 9.03. The van der Waals surface area contributed by atoms with E-state index in [0.29, 0.717) is 25.3 Å². The quantitative estimate of drug-likeness (QED) is 0.866. The second-order valence-electron chi connectivity index (χ2n) is 7.74. The minimum Gasteiger partial charge on any atom is -0.380 e. The molecule has 0 bridgehead atoms. The lowest BCUT2D eigenvalue weighted by Gasteiger charge is -2.38. The number of nitrogens with one attached hydrogen (secondary N) is 1. The number of aromatic nitrogens is 1. The fourth-order valence-electron chi connectivity index (χ4n) is 3.47. The third-order valence-electron chi connectivity index (χ3n) is 5.09. The number of carbonyl (C=O) groups excluding carboxylic acids is 1. The lowest BCUT2D eigenvalue weighted by Crippen LogP contribution is -2.48. The smallest absolute Gasteiger partial charge is 0.220 e. The van der Waals surface area contributed by atoms with E-state index in [1.807, 2.05) is 6.07 Å². The van der Waals surface area contributed by atoms with Gasteiger partial charge in [0.1, 0.15) is 0 Å². The van der Waals surface area contributed by atoms with Gasteiger partial charge in [-0.25, -0.2) is 0 Å². The largest absolute Gasteiger partial charge is 0.380 e. The van der Waals surface area contributed by atoms with Gasteiger partial charge in [0.25, 0.3) is 0 Å². The molecule has 132 valence electrons. The number of rotatable bonds is 6. The minimum atomic E-state index is 0.104. The van der Waals surface area contributed by atoms with Crippen LogP contribution in [0.25, 0.3) is 0 Å². The SMILES string of the molecule is CN1CCC[C@@H](c2cccc(CCC(=O)NCC3(C)COC3)n2)C1. The Kier molecular flexibility index (Phi) is 5.51. The number of carbonyl (C=O) groups is 1. The summed E-state index contributed by atoms with van der Waals surface area (Å²) >= 11 is 0. The number of hydrogen-bond donors (Lipinski definition) is 1. The monoisotopic (exact) mass is 331 g/mol. The molecular formula is C19H29N3O2. The van der Waals surface area contributed by atoms with E-state index in [4.69, 9.17) is 9.72 Å². The molecule has 3 heterocycles. The highest BCUT2D eigenvalue weighted by Gasteiger charge is 2.33. The van der Waals surface area contributed by atoms with Crippen molar-refractivity contribution >= 4 is 5.91 Å². The molecule has 5 heteroatoms.